The largest absolute Gasteiger partial charge is 0.351 e. The summed E-state index contributed by atoms with van der Waals surface area (Å²) in [6, 6.07) is 10.7. The number of nitrogens with one attached hydrogen (secondary N) is 2. The summed E-state index contributed by atoms with van der Waals surface area (Å²) < 4.78 is 0. The van der Waals surface area contributed by atoms with Crippen LogP contribution in [0.4, 0.5) is 11.5 Å². The van der Waals surface area contributed by atoms with Crippen LogP contribution in [0.3, 0.4) is 0 Å². The average molecular weight is 295 g/mol. The van der Waals surface area contributed by atoms with Gasteiger partial charge >= 0.3 is 0 Å². The maximum atomic E-state index is 12.0. The van der Waals surface area contributed by atoms with Crippen molar-refractivity contribution in [2.75, 3.05) is 11.9 Å². The second-order valence-corrected chi connectivity index (χ2v) is 4.72. The van der Waals surface area contributed by atoms with Crippen molar-refractivity contribution in [2.45, 2.75) is 19.8 Å². The van der Waals surface area contributed by atoms with Crippen molar-refractivity contribution in [3.63, 3.8) is 0 Å². The topological polar surface area (TPSA) is 90.7 Å². The lowest BCUT2D eigenvalue weighted by Gasteiger charge is -2.07. The molecule has 6 nitrogen and oxygen atoms in total. The molecule has 112 valence electrons. The number of amides is 1. The van der Waals surface area contributed by atoms with Crippen LogP contribution in [0.15, 0.2) is 36.7 Å². The SMILES string of the molecule is CCCCNC(=O)c1cc(Nc2cccc(C#N)c2)ncn1. The molecule has 0 aliphatic heterocycles. The van der Waals surface area contributed by atoms with E-state index in [1.807, 2.05) is 6.07 Å². The number of nitriles is 1. The standard InChI is InChI=1S/C16H17N5O/c1-2-3-7-18-16(22)14-9-15(20-11-19-14)21-13-6-4-5-12(8-13)10-17/h4-6,8-9,11H,2-3,7H2,1H3,(H,18,22)(H,19,20,21). The highest BCUT2D eigenvalue weighted by atomic mass is 16.1. The zero-order valence-electron chi connectivity index (χ0n) is 12.3. The van der Waals surface area contributed by atoms with E-state index in [9.17, 15) is 4.79 Å². The van der Waals surface area contributed by atoms with Gasteiger partial charge in [0.2, 0.25) is 0 Å². The third-order valence-electron chi connectivity index (χ3n) is 2.98. The fourth-order valence-corrected chi connectivity index (χ4v) is 1.83. The Morgan fingerprint density at radius 2 is 2.18 bits per heavy atom. The fourth-order valence-electron chi connectivity index (χ4n) is 1.83. The Morgan fingerprint density at radius 3 is 2.95 bits per heavy atom. The second-order valence-electron chi connectivity index (χ2n) is 4.72. The first-order valence-electron chi connectivity index (χ1n) is 7.10. The van der Waals surface area contributed by atoms with Gasteiger partial charge in [-0.1, -0.05) is 19.4 Å². The van der Waals surface area contributed by atoms with Gasteiger partial charge < -0.3 is 10.6 Å². The summed E-state index contributed by atoms with van der Waals surface area (Å²) in [6.07, 6.45) is 3.29. The number of hydrogen-bond acceptors (Lipinski definition) is 5. The average Bonchev–Trinajstić information content (AvgIpc) is 2.55. The van der Waals surface area contributed by atoms with Crippen LogP contribution in [-0.4, -0.2) is 22.4 Å². The highest BCUT2D eigenvalue weighted by Crippen LogP contribution is 2.15. The second kappa shape index (κ2) is 7.74. The van der Waals surface area contributed by atoms with Gasteiger partial charge in [-0.25, -0.2) is 9.97 Å². The molecule has 0 saturated carbocycles. The number of aromatic nitrogens is 2. The van der Waals surface area contributed by atoms with Crippen molar-refractivity contribution < 1.29 is 4.79 Å². The lowest BCUT2D eigenvalue weighted by atomic mass is 10.2. The number of carbonyl (C=O) groups excluding carboxylic acids is 1. The molecule has 2 aromatic rings. The van der Waals surface area contributed by atoms with Crippen molar-refractivity contribution in [3.05, 3.63) is 47.9 Å². The first-order chi connectivity index (χ1) is 10.7. The third-order valence-corrected chi connectivity index (χ3v) is 2.98. The molecule has 22 heavy (non-hydrogen) atoms. The minimum Gasteiger partial charge on any atom is -0.351 e. The lowest BCUT2D eigenvalue weighted by Crippen LogP contribution is -2.25. The van der Waals surface area contributed by atoms with E-state index >= 15 is 0 Å². The number of rotatable bonds is 6. The fraction of sp³-hybridized carbons (Fsp3) is 0.250. The quantitative estimate of drug-likeness (QED) is 0.799. The Kier molecular flexibility index (Phi) is 5.44. The van der Waals surface area contributed by atoms with Gasteiger partial charge in [0.05, 0.1) is 11.6 Å². The summed E-state index contributed by atoms with van der Waals surface area (Å²) >= 11 is 0. The Balaban J connectivity index is 2.08. The van der Waals surface area contributed by atoms with Crippen molar-refractivity contribution in [1.29, 1.82) is 5.26 Å². The molecule has 2 rings (SSSR count). The summed E-state index contributed by atoms with van der Waals surface area (Å²) in [7, 11) is 0. The van der Waals surface area contributed by atoms with Gasteiger partial charge in [0.1, 0.15) is 17.8 Å². The number of carbonyl (C=O) groups is 1. The zero-order chi connectivity index (χ0) is 15.8. The number of anilines is 2. The third kappa shape index (κ3) is 4.28. The predicted octanol–water partition coefficient (Wildman–Crippen LogP) is 2.62. The van der Waals surface area contributed by atoms with Crippen molar-refractivity contribution >= 4 is 17.4 Å². The first-order valence-corrected chi connectivity index (χ1v) is 7.10. The number of nitrogens with zero attached hydrogens (tertiary/aromatic N) is 3. The van der Waals surface area contributed by atoms with Gasteiger partial charge in [-0.15, -0.1) is 0 Å². The van der Waals surface area contributed by atoms with Crippen molar-refractivity contribution in [2.24, 2.45) is 0 Å². The monoisotopic (exact) mass is 295 g/mol. The molecule has 0 atom stereocenters. The first kappa shape index (κ1) is 15.4. The van der Waals surface area contributed by atoms with Crippen molar-refractivity contribution in [3.8, 4) is 6.07 Å². The van der Waals surface area contributed by atoms with E-state index in [1.165, 1.54) is 6.33 Å². The molecule has 0 bridgehead atoms. The summed E-state index contributed by atoms with van der Waals surface area (Å²) in [5.41, 5.74) is 1.59. The highest BCUT2D eigenvalue weighted by molar-refractivity contribution is 5.92. The molecule has 0 radical (unpaired) electrons. The Bertz CT molecular complexity index is 693. The van der Waals surface area contributed by atoms with E-state index in [0.29, 0.717) is 23.6 Å². The van der Waals surface area contributed by atoms with Crippen LogP contribution in [0.1, 0.15) is 35.8 Å². The molecular formula is C16H17N5O. The zero-order valence-corrected chi connectivity index (χ0v) is 12.3. The van der Waals surface area contributed by atoms with Crippen LogP contribution in [0.2, 0.25) is 0 Å². The molecule has 1 heterocycles. The van der Waals surface area contributed by atoms with Crippen LogP contribution >= 0.6 is 0 Å². The molecular weight excluding hydrogens is 278 g/mol. The van der Waals surface area contributed by atoms with Gasteiger partial charge in [0, 0.05) is 18.3 Å². The molecule has 0 aliphatic carbocycles. The van der Waals surface area contributed by atoms with Crippen LogP contribution in [0, 0.1) is 11.3 Å². The minimum absolute atomic E-state index is 0.218. The lowest BCUT2D eigenvalue weighted by molar-refractivity contribution is 0.0948. The molecule has 1 amide bonds. The number of unbranched alkanes of at least 4 members (excludes halogenated alkanes) is 1. The number of hydrogen-bond donors (Lipinski definition) is 2. The van der Waals surface area contributed by atoms with Gasteiger partial charge in [0.15, 0.2) is 0 Å². The minimum atomic E-state index is -0.218. The summed E-state index contributed by atoms with van der Waals surface area (Å²) in [5, 5.41) is 14.8. The van der Waals surface area contributed by atoms with E-state index in [-0.39, 0.29) is 5.91 Å². The van der Waals surface area contributed by atoms with Crippen LogP contribution < -0.4 is 10.6 Å². The van der Waals surface area contributed by atoms with Crippen LogP contribution in [-0.2, 0) is 0 Å². The summed E-state index contributed by atoms with van der Waals surface area (Å²) in [6.45, 7) is 2.69. The highest BCUT2D eigenvalue weighted by Gasteiger charge is 2.08. The van der Waals surface area contributed by atoms with Crippen LogP contribution in [0.5, 0.6) is 0 Å². The van der Waals surface area contributed by atoms with Crippen molar-refractivity contribution in [1.82, 2.24) is 15.3 Å². The molecule has 1 aromatic heterocycles. The molecule has 0 unspecified atom stereocenters. The Hall–Kier alpha value is -2.94. The molecule has 0 fully saturated rings. The summed E-state index contributed by atoms with van der Waals surface area (Å²) in [5.74, 6) is 0.287. The number of benzene rings is 1. The van der Waals surface area contributed by atoms with Gasteiger partial charge in [0.25, 0.3) is 5.91 Å². The van der Waals surface area contributed by atoms with E-state index in [0.717, 1.165) is 18.5 Å². The molecule has 1 aromatic carbocycles. The van der Waals surface area contributed by atoms with E-state index < -0.39 is 0 Å². The predicted molar refractivity (Wildman–Crippen MR) is 83.7 cm³/mol. The maximum absolute atomic E-state index is 12.0. The summed E-state index contributed by atoms with van der Waals surface area (Å²) in [4.78, 5) is 20.0. The molecule has 0 saturated heterocycles. The molecule has 0 aliphatic rings. The maximum Gasteiger partial charge on any atom is 0.270 e. The van der Waals surface area contributed by atoms with Gasteiger partial charge in [-0.2, -0.15) is 5.26 Å². The van der Waals surface area contributed by atoms with Gasteiger partial charge in [-0.05, 0) is 24.6 Å². The van der Waals surface area contributed by atoms with E-state index in [2.05, 4.69) is 33.6 Å². The van der Waals surface area contributed by atoms with E-state index in [4.69, 9.17) is 5.26 Å². The molecule has 6 heteroatoms. The Labute approximate surface area is 129 Å². The normalized spacial score (nSPS) is 9.82. The molecule has 0 spiro atoms. The van der Waals surface area contributed by atoms with Gasteiger partial charge in [-0.3, -0.25) is 4.79 Å². The Morgan fingerprint density at radius 1 is 1.32 bits per heavy atom. The smallest absolute Gasteiger partial charge is 0.270 e. The van der Waals surface area contributed by atoms with E-state index in [1.54, 1.807) is 24.3 Å². The molecule has 2 N–H and O–H groups in total. The van der Waals surface area contributed by atoms with Crippen LogP contribution in [0.25, 0.3) is 0 Å².